The molecule has 2 rings (SSSR count). The van der Waals surface area contributed by atoms with Crippen LogP contribution in [0.5, 0.6) is 0 Å². The van der Waals surface area contributed by atoms with Gasteiger partial charge in [0.1, 0.15) is 12.2 Å². The van der Waals surface area contributed by atoms with E-state index in [0.29, 0.717) is 22.8 Å². The molecular weight excluding hydrogens is 347 g/mol. The minimum Gasteiger partial charge on any atom is -0.456 e. The van der Waals surface area contributed by atoms with E-state index in [4.69, 9.17) is 9.47 Å². The highest BCUT2D eigenvalue weighted by atomic mass is 127. The quantitative estimate of drug-likeness (QED) is 0.509. The van der Waals surface area contributed by atoms with Gasteiger partial charge in [-0.05, 0) is 18.6 Å². The Kier molecular flexibility index (Phi) is 4.96. The maximum Gasteiger partial charge on any atom is 0.338 e. The summed E-state index contributed by atoms with van der Waals surface area (Å²) in [6, 6.07) is 8.89. The van der Waals surface area contributed by atoms with Crippen LogP contribution < -0.4 is 0 Å². The number of hydrogen-bond acceptors (Lipinski definition) is 4. The Morgan fingerprint density at radius 1 is 1.39 bits per heavy atom. The van der Waals surface area contributed by atoms with Crippen LogP contribution in [0.3, 0.4) is 0 Å². The number of esters is 1. The van der Waals surface area contributed by atoms with Gasteiger partial charge in [-0.1, -0.05) is 40.8 Å². The van der Waals surface area contributed by atoms with Gasteiger partial charge in [-0.2, -0.15) is 0 Å². The Labute approximate surface area is 119 Å². The number of carbonyl (C=O) groups is 1. The second kappa shape index (κ2) is 6.49. The molecule has 1 N–H and O–H groups in total. The summed E-state index contributed by atoms with van der Waals surface area (Å²) in [5.41, 5.74) is 0.538. The molecule has 0 spiro atoms. The first-order chi connectivity index (χ1) is 8.70. The smallest absolute Gasteiger partial charge is 0.338 e. The summed E-state index contributed by atoms with van der Waals surface area (Å²) in [6.07, 6.45) is -0.121. The highest BCUT2D eigenvalue weighted by Crippen LogP contribution is 2.23. The van der Waals surface area contributed by atoms with Crippen molar-refractivity contribution in [2.75, 3.05) is 4.43 Å². The van der Waals surface area contributed by atoms with Crippen LogP contribution in [-0.4, -0.2) is 34.0 Å². The molecule has 0 aromatic heterocycles. The predicted octanol–water partition coefficient (Wildman–Crippen LogP) is 2.14. The van der Waals surface area contributed by atoms with Crippen LogP contribution in [0.25, 0.3) is 0 Å². The topological polar surface area (TPSA) is 55.8 Å². The lowest BCUT2D eigenvalue weighted by molar-refractivity contribution is -0.190. The van der Waals surface area contributed by atoms with E-state index in [2.05, 4.69) is 22.6 Å². The van der Waals surface area contributed by atoms with Gasteiger partial charge in [0.25, 0.3) is 0 Å². The summed E-state index contributed by atoms with van der Waals surface area (Å²) in [4.78, 5) is 11.9. The molecule has 0 amide bonds. The molecule has 0 radical (unpaired) electrons. The van der Waals surface area contributed by atoms with E-state index in [1.165, 1.54) is 0 Å². The van der Waals surface area contributed by atoms with Gasteiger partial charge in [0.15, 0.2) is 6.29 Å². The van der Waals surface area contributed by atoms with Crippen molar-refractivity contribution in [1.82, 2.24) is 0 Å². The number of ether oxygens (including phenoxy) is 2. The Hall–Kier alpha value is -0.660. The average Bonchev–Trinajstić information content (AvgIpc) is 2.41. The zero-order valence-corrected chi connectivity index (χ0v) is 11.9. The monoisotopic (exact) mass is 362 g/mol. The van der Waals surface area contributed by atoms with Gasteiger partial charge in [0, 0.05) is 10.8 Å². The molecule has 1 saturated heterocycles. The van der Waals surface area contributed by atoms with Crippen LogP contribution in [0, 0.1) is 0 Å². The van der Waals surface area contributed by atoms with Crippen LogP contribution in [0.2, 0.25) is 0 Å². The first kappa shape index (κ1) is 13.8. The molecule has 98 valence electrons. The summed E-state index contributed by atoms with van der Waals surface area (Å²) < 4.78 is 11.5. The van der Waals surface area contributed by atoms with Crippen molar-refractivity contribution in [1.29, 1.82) is 0 Å². The molecule has 3 atom stereocenters. The van der Waals surface area contributed by atoms with E-state index in [1.807, 2.05) is 6.07 Å². The fraction of sp³-hybridized carbons (Fsp3) is 0.462. The molecule has 1 aliphatic rings. The zero-order chi connectivity index (χ0) is 13.0. The van der Waals surface area contributed by atoms with Gasteiger partial charge in [-0.25, -0.2) is 4.79 Å². The Morgan fingerprint density at radius 2 is 2.11 bits per heavy atom. The predicted molar refractivity (Wildman–Crippen MR) is 74.6 cm³/mol. The van der Waals surface area contributed by atoms with Gasteiger partial charge < -0.3 is 14.6 Å². The molecule has 0 bridgehead atoms. The average molecular weight is 362 g/mol. The number of aliphatic hydroxyl groups excluding tert-OH is 1. The second-order valence-electron chi connectivity index (χ2n) is 4.17. The van der Waals surface area contributed by atoms with Crippen LogP contribution in [0.15, 0.2) is 30.3 Å². The normalized spacial score (nSPS) is 27.8. The van der Waals surface area contributed by atoms with Gasteiger partial charge in [0.2, 0.25) is 0 Å². The van der Waals surface area contributed by atoms with Crippen LogP contribution in [0.4, 0.5) is 0 Å². The van der Waals surface area contributed by atoms with Crippen molar-refractivity contribution in [2.45, 2.75) is 31.3 Å². The molecule has 0 saturated carbocycles. The third kappa shape index (κ3) is 3.43. The van der Waals surface area contributed by atoms with Gasteiger partial charge in [0.05, 0.1) is 5.56 Å². The number of carbonyl (C=O) groups excluding carboxylic acids is 1. The molecule has 18 heavy (non-hydrogen) atoms. The number of alkyl halides is 1. The molecule has 0 aliphatic carbocycles. The molecule has 1 aromatic carbocycles. The van der Waals surface area contributed by atoms with Gasteiger partial charge in [-0.3, -0.25) is 0 Å². The molecule has 1 aliphatic heterocycles. The van der Waals surface area contributed by atoms with E-state index >= 15 is 0 Å². The zero-order valence-electron chi connectivity index (χ0n) is 9.79. The molecule has 1 fully saturated rings. The van der Waals surface area contributed by atoms with Crippen molar-refractivity contribution in [2.24, 2.45) is 0 Å². The minimum absolute atomic E-state index is 0.234. The van der Waals surface area contributed by atoms with Gasteiger partial charge in [-0.15, -0.1) is 0 Å². The lowest BCUT2D eigenvalue weighted by atomic mass is 10.1. The summed E-state index contributed by atoms with van der Waals surface area (Å²) in [6.45, 7) is 0. The van der Waals surface area contributed by atoms with Crippen LogP contribution in [0.1, 0.15) is 23.2 Å². The molecule has 5 heteroatoms. The summed E-state index contributed by atoms with van der Waals surface area (Å²) >= 11 is 2.17. The highest BCUT2D eigenvalue weighted by Gasteiger charge is 2.32. The molecule has 1 heterocycles. The second-order valence-corrected chi connectivity index (χ2v) is 5.05. The number of halogens is 1. The van der Waals surface area contributed by atoms with E-state index in [0.717, 1.165) is 0 Å². The Balaban J connectivity index is 1.98. The first-order valence-corrected chi connectivity index (χ1v) is 7.39. The number of hydrogen-bond donors (Lipinski definition) is 1. The third-order valence-electron chi connectivity index (χ3n) is 2.86. The standard InChI is InChI=1S/C13H15IO4/c14-8-11-10(6-7-12(15)17-11)18-13(16)9-4-2-1-3-5-9/h1-5,10-12,15H,6-8H2/t10-,11+,12-/m0/s1. The number of aliphatic hydroxyl groups is 1. The van der Waals surface area contributed by atoms with E-state index in [1.54, 1.807) is 24.3 Å². The van der Waals surface area contributed by atoms with E-state index in [-0.39, 0.29) is 18.2 Å². The van der Waals surface area contributed by atoms with E-state index in [9.17, 15) is 9.90 Å². The van der Waals surface area contributed by atoms with Gasteiger partial charge >= 0.3 is 5.97 Å². The van der Waals surface area contributed by atoms with E-state index < -0.39 is 6.29 Å². The SMILES string of the molecule is O=C(O[C@H]1CC[C@@H](O)O[C@@H]1CI)c1ccccc1. The highest BCUT2D eigenvalue weighted by molar-refractivity contribution is 14.1. The fourth-order valence-corrected chi connectivity index (χ4v) is 2.68. The molecule has 4 nitrogen and oxygen atoms in total. The molecule has 0 unspecified atom stereocenters. The van der Waals surface area contributed by atoms with Crippen LogP contribution >= 0.6 is 22.6 Å². The maximum absolute atomic E-state index is 11.9. The number of rotatable bonds is 3. The summed E-state index contributed by atoms with van der Waals surface area (Å²) in [5, 5.41) is 9.41. The lowest BCUT2D eigenvalue weighted by Gasteiger charge is -2.32. The summed E-state index contributed by atoms with van der Waals surface area (Å²) in [7, 11) is 0. The maximum atomic E-state index is 11.9. The van der Waals surface area contributed by atoms with Crippen molar-refractivity contribution < 1.29 is 19.4 Å². The first-order valence-electron chi connectivity index (χ1n) is 5.86. The summed E-state index contributed by atoms with van der Waals surface area (Å²) in [5.74, 6) is -0.338. The fourth-order valence-electron chi connectivity index (χ4n) is 1.90. The Morgan fingerprint density at radius 3 is 2.78 bits per heavy atom. The molecular formula is C13H15IO4. The van der Waals surface area contributed by atoms with Crippen molar-refractivity contribution in [3.05, 3.63) is 35.9 Å². The largest absolute Gasteiger partial charge is 0.456 e. The van der Waals surface area contributed by atoms with Crippen LogP contribution in [-0.2, 0) is 9.47 Å². The number of benzene rings is 1. The minimum atomic E-state index is -0.739. The van der Waals surface area contributed by atoms with Crippen molar-refractivity contribution in [3.8, 4) is 0 Å². The lowest BCUT2D eigenvalue weighted by Crippen LogP contribution is -2.42. The Bertz CT molecular complexity index is 395. The third-order valence-corrected chi connectivity index (χ3v) is 3.73. The van der Waals surface area contributed by atoms with Crippen molar-refractivity contribution >= 4 is 28.6 Å². The van der Waals surface area contributed by atoms with Crippen molar-refractivity contribution in [3.63, 3.8) is 0 Å². The molecule has 1 aromatic rings.